The van der Waals surface area contributed by atoms with Crippen LogP contribution < -0.4 is 5.73 Å². The fourth-order valence-electron chi connectivity index (χ4n) is 2.39. The molecule has 2 N–H and O–H groups in total. The van der Waals surface area contributed by atoms with Gasteiger partial charge in [-0.3, -0.25) is 0 Å². The lowest BCUT2D eigenvalue weighted by molar-refractivity contribution is 0.430. The molecule has 2 unspecified atom stereocenters. The van der Waals surface area contributed by atoms with Gasteiger partial charge in [-0.25, -0.2) is 0 Å². The van der Waals surface area contributed by atoms with Gasteiger partial charge in [0.2, 0.25) is 0 Å². The summed E-state index contributed by atoms with van der Waals surface area (Å²) in [5, 5.41) is 0.803. The normalized spacial score (nSPS) is 23.0. The molecule has 0 aromatic heterocycles. The molecule has 16 heavy (non-hydrogen) atoms. The topological polar surface area (TPSA) is 26.0 Å². The lowest BCUT2D eigenvalue weighted by Gasteiger charge is -2.29. The number of hydrogen-bond donors (Lipinski definition) is 1. The standard InChI is InChI=1S/C13H18ClNS/c14-12-5-3-10(4-6-12)13(8-15)11-2-1-7-16-9-11/h3-6,11,13H,1-2,7-9,15H2. The zero-order chi connectivity index (χ0) is 11.4. The molecule has 0 spiro atoms. The molecule has 88 valence electrons. The Balaban J connectivity index is 2.11. The predicted octanol–water partition coefficient (Wildman–Crippen LogP) is 3.53. The summed E-state index contributed by atoms with van der Waals surface area (Å²) in [7, 11) is 0. The Morgan fingerprint density at radius 3 is 2.69 bits per heavy atom. The third kappa shape index (κ3) is 2.93. The highest BCUT2D eigenvalue weighted by atomic mass is 35.5. The molecule has 1 aromatic carbocycles. The Kier molecular flexibility index (Phi) is 4.56. The van der Waals surface area contributed by atoms with E-state index in [2.05, 4.69) is 23.9 Å². The summed E-state index contributed by atoms with van der Waals surface area (Å²) in [6.07, 6.45) is 2.65. The Hall–Kier alpha value is -0.180. The van der Waals surface area contributed by atoms with Gasteiger partial charge in [-0.05, 0) is 60.4 Å². The molecule has 0 radical (unpaired) electrons. The second-order valence-electron chi connectivity index (χ2n) is 4.37. The average molecular weight is 256 g/mol. The summed E-state index contributed by atoms with van der Waals surface area (Å²) in [6.45, 7) is 0.743. The highest BCUT2D eigenvalue weighted by Crippen LogP contribution is 2.34. The molecule has 0 bridgehead atoms. The molecule has 0 saturated carbocycles. The van der Waals surface area contributed by atoms with E-state index in [1.54, 1.807) is 0 Å². The van der Waals surface area contributed by atoms with E-state index in [-0.39, 0.29) is 0 Å². The maximum atomic E-state index is 5.93. The molecule has 2 rings (SSSR count). The van der Waals surface area contributed by atoms with E-state index in [0.29, 0.717) is 5.92 Å². The van der Waals surface area contributed by atoms with E-state index in [4.69, 9.17) is 17.3 Å². The Morgan fingerprint density at radius 1 is 1.38 bits per heavy atom. The number of rotatable bonds is 3. The van der Waals surface area contributed by atoms with Crippen LogP contribution in [0.1, 0.15) is 24.3 Å². The summed E-state index contributed by atoms with van der Waals surface area (Å²) in [5.74, 6) is 3.81. The van der Waals surface area contributed by atoms with Crippen LogP contribution in [0.25, 0.3) is 0 Å². The summed E-state index contributed by atoms with van der Waals surface area (Å²) in [5.41, 5.74) is 7.28. The lowest BCUT2D eigenvalue weighted by Crippen LogP contribution is -2.25. The van der Waals surface area contributed by atoms with Gasteiger partial charge in [-0.1, -0.05) is 23.7 Å². The first kappa shape index (κ1) is 12.3. The molecule has 1 aliphatic rings. The van der Waals surface area contributed by atoms with Crippen molar-refractivity contribution in [1.82, 2.24) is 0 Å². The SMILES string of the molecule is NCC(c1ccc(Cl)cc1)C1CCCSC1. The van der Waals surface area contributed by atoms with E-state index < -0.39 is 0 Å². The quantitative estimate of drug-likeness (QED) is 0.894. The van der Waals surface area contributed by atoms with Crippen LogP contribution in [0.4, 0.5) is 0 Å². The minimum Gasteiger partial charge on any atom is -0.330 e. The largest absolute Gasteiger partial charge is 0.330 e. The van der Waals surface area contributed by atoms with Gasteiger partial charge in [-0.15, -0.1) is 0 Å². The third-order valence-corrected chi connectivity index (χ3v) is 4.81. The van der Waals surface area contributed by atoms with Crippen molar-refractivity contribution < 1.29 is 0 Å². The molecule has 1 aliphatic heterocycles. The van der Waals surface area contributed by atoms with Gasteiger partial charge in [0.25, 0.3) is 0 Å². The first-order valence-electron chi connectivity index (χ1n) is 5.84. The van der Waals surface area contributed by atoms with Crippen molar-refractivity contribution >= 4 is 23.4 Å². The van der Waals surface area contributed by atoms with Crippen LogP contribution >= 0.6 is 23.4 Å². The molecule has 0 aliphatic carbocycles. The molecule has 1 nitrogen and oxygen atoms in total. The van der Waals surface area contributed by atoms with Crippen molar-refractivity contribution in [2.24, 2.45) is 11.7 Å². The molecule has 1 fully saturated rings. The van der Waals surface area contributed by atoms with Crippen LogP contribution in [0.2, 0.25) is 5.02 Å². The van der Waals surface area contributed by atoms with Gasteiger partial charge in [0, 0.05) is 5.02 Å². The zero-order valence-electron chi connectivity index (χ0n) is 9.36. The molecule has 1 aromatic rings. The molecule has 3 heteroatoms. The minimum atomic E-state index is 0.505. The van der Waals surface area contributed by atoms with Gasteiger partial charge in [0.15, 0.2) is 0 Å². The second kappa shape index (κ2) is 5.95. The lowest BCUT2D eigenvalue weighted by atomic mass is 9.84. The zero-order valence-corrected chi connectivity index (χ0v) is 10.9. The van der Waals surface area contributed by atoms with Crippen molar-refractivity contribution in [3.05, 3.63) is 34.9 Å². The monoisotopic (exact) mass is 255 g/mol. The smallest absolute Gasteiger partial charge is 0.0406 e. The van der Waals surface area contributed by atoms with E-state index in [9.17, 15) is 0 Å². The Labute approximate surface area is 107 Å². The van der Waals surface area contributed by atoms with Crippen molar-refractivity contribution in [3.63, 3.8) is 0 Å². The van der Waals surface area contributed by atoms with Crippen molar-refractivity contribution in [1.29, 1.82) is 0 Å². The van der Waals surface area contributed by atoms with Crippen molar-refractivity contribution in [2.75, 3.05) is 18.1 Å². The van der Waals surface area contributed by atoms with Crippen molar-refractivity contribution in [2.45, 2.75) is 18.8 Å². The summed E-state index contributed by atoms with van der Waals surface area (Å²) in [4.78, 5) is 0. The molecule has 1 saturated heterocycles. The molecule has 0 amide bonds. The van der Waals surface area contributed by atoms with Gasteiger partial charge >= 0.3 is 0 Å². The highest BCUT2D eigenvalue weighted by Gasteiger charge is 2.24. The molecule has 1 heterocycles. The molecular formula is C13H18ClNS. The van der Waals surface area contributed by atoms with Crippen LogP contribution in [0.15, 0.2) is 24.3 Å². The van der Waals surface area contributed by atoms with Gasteiger partial charge in [0.1, 0.15) is 0 Å². The van der Waals surface area contributed by atoms with E-state index in [0.717, 1.165) is 17.5 Å². The van der Waals surface area contributed by atoms with Crippen LogP contribution in [0.5, 0.6) is 0 Å². The summed E-state index contributed by atoms with van der Waals surface area (Å²) in [6, 6.07) is 8.18. The van der Waals surface area contributed by atoms with E-state index >= 15 is 0 Å². The number of benzene rings is 1. The van der Waals surface area contributed by atoms with Crippen LogP contribution in [-0.4, -0.2) is 18.1 Å². The van der Waals surface area contributed by atoms with Gasteiger partial charge in [0.05, 0.1) is 0 Å². The van der Waals surface area contributed by atoms with E-state index in [1.165, 1.54) is 29.9 Å². The second-order valence-corrected chi connectivity index (χ2v) is 5.96. The van der Waals surface area contributed by atoms with Crippen LogP contribution in [0, 0.1) is 5.92 Å². The maximum absolute atomic E-state index is 5.93. The Morgan fingerprint density at radius 2 is 2.12 bits per heavy atom. The summed E-state index contributed by atoms with van der Waals surface area (Å²) < 4.78 is 0. The third-order valence-electron chi connectivity index (χ3n) is 3.32. The highest BCUT2D eigenvalue weighted by molar-refractivity contribution is 7.99. The van der Waals surface area contributed by atoms with Crippen LogP contribution in [-0.2, 0) is 0 Å². The molecular weight excluding hydrogens is 238 g/mol. The van der Waals surface area contributed by atoms with E-state index in [1.807, 2.05) is 12.1 Å². The minimum absolute atomic E-state index is 0.505. The fraction of sp³-hybridized carbons (Fsp3) is 0.538. The number of halogens is 1. The average Bonchev–Trinajstić information content (AvgIpc) is 2.34. The van der Waals surface area contributed by atoms with Gasteiger partial charge in [-0.2, -0.15) is 11.8 Å². The molecule has 2 atom stereocenters. The number of hydrogen-bond acceptors (Lipinski definition) is 2. The summed E-state index contributed by atoms with van der Waals surface area (Å²) >= 11 is 7.97. The predicted molar refractivity (Wildman–Crippen MR) is 73.3 cm³/mol. The van der Waals surface area contributed by atoms with Crippen molar-refractivity contribution in [3.8, 4) is 0 Å². The number of nitrogens with two attached hydrogens (primary N) is 1. The van der Waals surface area contributed by atoms with Crippen LogP contribution in [0.3, 0.4) is 0 Å². The Bertz CT molecular complexity index is 319. The fourth-order valence-corrected chi connectivity index (χ4v) is 3.76. The number of thioether (sulfide) groups is 1. The van der Waals surface area contributed by atoms with Gasteiger partial charge < -0.3 is 5.73 Å². The first-order valence-corrected chi connectivity index (χ1v) is 7.38. The maximum Gasteiger partial charge on any atom is 0.0406 e. The first-order chi connectivity index (χ1) is 7.81.